The second-order valence-corrected chi connectivity index (χ2v) is 6.96. The van der Waals surface area contributed by atoms with Crippen LogP contribution in [-0.2, 0) is 0 Å². The Hall–Kier alpha value is -0.340. The van der Waals surface area contributed by atoms with Crippen molar-refractivity contribution in [3.8, 4) is 0 Å². The van der Waals surface area contributed by atoms with Crippen LogP contribution in [0.3, 0.4) is 0 Å². The van der Waals surface area contributed by atoms with Crippen LogP contribution < -0.4 is 0 Å². The summed E-state index contributed by atoms with van der Waals surface area (Å²) in [6, 6.07) is 0. The smallest absolute Gasteiger partial charge is 0.0750 e. The Kier molecular flexibility index (Phi) is 3.16. The first-order chi connectivity index (χ1) is 7.74. The zero-order valence-electron chi connectivity index (χ0n) is 11.4. The van der Waals surface area contributed by atoms with Gasteiger partial charge in [-0.3, -0.25) is 0 Å². The van der Waals surface area contributed by atoms with Crippen LogP contribution in [0.5, 0.6) is 0 Å². The number of aliphatic hydroxyl groups is 2. The maximum absolute atomic E-state index is 10.2. The van der Waals surface area contributed by atoms with Gasteiger partial charge in [0.1, 0.15) is 0 Å². The molecule has 2 aliphatic rings. The van der Waals surface area contributed by atoms with Gasteiger partial charge in [0.05, 0.1) is 11.7 Å². The lowest BCUT2D eigenvalue weighted by molar-refractivity contribution is -0.0509. The Balaban J connectivity index is 2.18. The molecule has 0 heterocycles. The van der Waals surface area contributed by atoms with Gasteiger partial charge in [-0.05, 0) is 68.8 Å². The topological polar surface area (TPSA) is 40.5 Å². The van der Waals surface area contributed by atoms with E-state index in [0.717, 1.165) is 37.7 Å². The summed E-state index contributed by atoms with van der Waals surface area (Å²) >= 11 is 0. The number of hydrogen-bond donors (Lipinski definition) is 2. The molecule has 1 unspecified atom stereocenters. The molecule has 2 heteroatoms. The van der Waals surface area contributed by atoms with Crippen molar-refractivity contribution in [2.75, 3.05) is 0 Å². The van der Waals surface area contributed by atoms with Crippen LogP contribution in [-0.4, -0.2) is 21.9 Å². The first-order valence-electron chi connectivity index (χ1n) is 6.83. The first-order valence-corrected chi connectivity index (χ1v) is 6.83. The van der Waals surface area contributed by atoms with Crippen molar-refractivity contribution in [1.82, 2.24) is 0 Å². The molecule has 0 radical (unpaired) electrons. The molecule has 0 saturated heterocycles. The molecule has 2 aliphatic carbocycles. The summed E-state index contributed by atoms with van der Waals surface area (Å²) in [7, 11) is 0. The molecule has 4 atom stereocenters. The molecule has 0 spiro atoms. The molecule has 0 aromatic carbocycles. The normalized spacial score (nSPS) is 43.4. The minimum absolute atomic E-state index is 0.304. The summed E-state index contributed by atoms with van der Waals surface area (Å²) in [5, 5.41) is 20.1. The average molecular weight is 238 g/mol. The van der Waals surface area contributed by atoms with Crippen LogP contribution in [0, 0.1) is 17.3 Å². The third-order valence-electron chi connectivity index (χ3n) is 5.29. The van der Waals surface area contributed by atoms with E-state index in [4.69, 9.17) is 0 Å². The molecule has 98 valence electrons. The lowest BCUT2D eigenvalue weighted by Gasteiger charge is -2.51. The van der Waals surface area contributed by atoms with E-state index in [-0.39, 0.29) is 6.10 Å². The summed E-state index contributed by atoms with van der Waals surface area (Å²) in [5.41, 5.74) is 0.704. The first kappa shape index (κ1) is 13.1. The highest BCUT2D eigenvalue weighted by Crippen LogP contribution is 2.54. The fraction of sp³-hybridized carbons (Fsp3) is 0.867. The lowest BCUT2D eigenvalue weighted by Crippen LogP contribution is -2.46. The molecule has 0 amide bonds. The molecule has 0 aromatic heterocycles. The molecule has 2 fully saturated rings. The summed E-state index contributed by atoms with van der Waals surface area (Å²) in [6.07, 6.45) is 4.86. The van der Waals surface area contributed by atoms with Crippen LogP contribution in [0.2, 0.25) is 0 Å². The lowest BCUT2D eigenvalue weighted by atomic mass is 9.55. The Morgan fingerprint density at radius 3 is 2.47 bits per heavy atom. The second kappa shape index (κ2) is 4.10. The third kappa shape index (κ3) is 2.30. The number of hydrogen-bond acceptors (Lipinski definition) is 2. The quantitative estimate of drug-likeness (QED) is 0.690. The number of rotatable bonds is 1. The maximum Gasteiger partial charge on any atom is 0.0750 e. The third-order valence-corrected chi connectivity index (χ3v) is 5.29. The molecule has 0 aliphatic heterocycles. The minimum Gasteiger partial charge on any atom is -0.390 e. The van der Waals surface area contributed by atoms with E-state index in [9.17, 15) is 10.2 Å². The van der Waals surface area contributed by atoms with E-state index >= 15 is 0 Å². The van der Waals surface area contributed by atoms with E-state index < -0.39 is 5.60 Å². The maximum atomic E-state index is 10.2. The minimum atomic E-state index is -0.607. The standard InChI is InChI=1S/C15H26O2/c1-10-12-9-11(14(2,3)17)5-7-15(12,4)8-6-13(10)16/h11-13,16-17H,1,5-9H2,2-4H3/t11-,12?,13+,15+/m1/s1. The van der Waals surface area contributed by atoms with Crippen molar-refractivity contribution in [2.45, 2.75) is 64.6 Å². The SMILES string of the molecule is C=C1C2C[C@H](C(C)(C)O)CC[C@@]2(C)CC[C@@H]1O. The van der Waals surface area contributed by atoms with Crippen LogP contribution in [0.4, 0.5) is 0 Å². The summed E-state index contributed by atoms with van der Waals surface area (Å²) < 4.78 is 0. The van der Waals surface area contributed by atoms with Crippen molar-refractivity contribution >= 4 is 0 Å². The van der Waals surface area contributed by atoms with Gasteiger partial charge in [-0.25, -0.2) is 0 Å². The van der Waals surface area contributed by atoms with Crippen molar-refractivity contribution in [1.29, 1.82) is 0 Å². The summed E-state index contributed by atoms with van der Waals surface area (Å²) in [5.74, 6) is 0.721. The van der Waals surface area contributed by atoms with Gasteiger partial charge in [-0.1, -0.05) is 13.5 Å². The monoisotopic (exact) mass is 238 g/mol. The van der Waals surface area contributed by atoms with Gasteiger partial charge < -0.3 is 10.2 Å². The number of fused-ring (bicyclic) bond motifs is 1. The predicted molar refractivity (Wildman–Crippen MR) is 69.6 cm³/mol. The van der Waals surface area contributed by atoms with E-state index in [1.807, 2.05) is 13.8 Å². The van der Waals surface area contributed by atoms with E-state index in [1.54, 1.807) is 0 Å². The van der Waals surface area contributed by atoms with Gasteiger partial charge in [0.15, 0.2) is 0 Å². The van der Waals surface area contributed by atoms with E-state index in [2.05, 4.69) is 13.5 Å². The van der Waals surface area contributed by atoms with Crippen LogP contribution in [0.15, 0.2) is 12.2 Å². The molecular formula is C15H26O2. The highest BCUT2D eigenvalue weighted by atomic mass is 16.3. The molecule has 0 aromatic rings. The fourth-order valence-electron chi connectivity index (χ4n) is 3.79. The van der Waals surface area contributed by atoms with E-state index in [1.165, 1.54) is 0 Å². The van der Waals surface area contributed by atoms with Crippen molar-refractivity contribution in [2.24, 2.45) is 17.3 Å². The second-order valence-electron chi connectivity index (χ2n) is 6.96. The summed E-state index contributed by atoms with van der Waals surface area (Å²) in [6.45, 7) is 10.2. The highest BCUT2D eigenvalue weighted by molar-refractivity contribution is 5.17. The highest BCUT2D eigenvalue weighted by Gasteiger charge is 2.47. The van der Waals surface area contributed by atoms with Crippen LogP contribution >= 0.6 is 0 Å². The Morgan fingerprint density at radius 2 is 1.88 bits per heavy atom. The van der Waals surface area contributed by atoms with Gasteiger partial charge in [0.2, 0.25) is 0 Å². The van der Waals surface area contributed by atoms with Gasteiger partial charge in [-0.15, -0.1) is 0 Å². The molecular weight excluding hydrogens is 212 g/mol. The number of aliphatic hydroxyl groups excluding tert-OH is 1. The van der Waals surface area contributed by atoms with Gasteiger partial charge in [0.25, 0.3) is 0 Å². The van der Waals surface area contributed by atoms with Crippen molar-refractivity contribution < 1.29 is 10.2 Å². The van der Waals surface area contributed by atoms with Gasteiger partial charge >= 0.3 is 0 Å². The zero-order chi connectivity index (χ0) is 12.8. The Morgan fingerprint density at radius 1 is 1.29 bits per heavy atom. The molecule has 0 bridgehead atoms. The summed E-state index contributed by atoms with van der Waals surface area (Å²) in [4.78, 5) is 0. The van der Waals surface area contributed by atoms with Gasteiger partial charge in [0, 0.05) is 0 Å². The average Bonchev–Trinajstić information content (AvgIpc) is 2.22. The predicted octanol–water partition coefficient (Wildman–Crippen LogP) is 2.89. The largest absolute Gasteiger partial charge is 0.390 e. The fourth-order valence-corrected chi connectivity index (χ4v) is 3.79. The van der Waals surface area contributed by atoms with Crippen molar-refractivity contribution in [3.63, 3.8) is 0 Å². The zero-order valence-corrected chi connectivity index (χ0v) is 11.4. The Labute approximate surface area is 105 Å². The molecule has 17 heavy (non-hydrogen) atoms. The Bertz CT molecular complexity index is 315. The molecule has 2 nitrogen and oxygen atoms in total. The van der Waals surface area contributed by atoms with Crippen molar-refractivity contribution in [3.05, 3.63) is 12.2 Å². The molecule has 2 N–H and O–H groups in total. The van der Waals surface area contributed by atoms with E-state index in [0.29, 0.717) is 17.3 Å². The van der Waals surface area contributed by atoms with Crippen LogP contribution in [0.25, 0.3) is 0 Å². The molecule has 2 rings (SSSR count). The van der Waals surface area contributed by atoms with Crippen LogP contribution in [0.1, 0.15) is 52.9 Å². The molecule has 2 saturated carbocycles. The van der Waals surface area contributed by atoms with Gasteiger partial charge in [-0.2, -0.15) is 0 Å².